The van der Waals surface area contributed by atoms with Crippen molar-refractivity contribution in [1.29, 1.82) is 0 Å². The Bertz CT molecular complexity index is 615. The highest BCUT2D eigenvalue weighted by Gasteiger charge is 2.10. The maximum atomic E-state index is 13.2. The highest BCUT2D eigenvalue weighted by molar-refractivity contribution is 6.30. The van der Waals surface area contributed by atoms with Crippen molar-refractivity contribution in [2.45, 2.75) is 32.4 Å². The summed E-state index contributed by atoms with van der Waals surface area (Å²) in [5.74, 6) is 0.386. The first-order valence-corrected chi connectivity index (χ1v) is 7.29. The zero-order valence-electron chi connectivity index (χ0n) is 12.1. The van der Waals surface area contributed by atoms with Gasteiger partial charge in [-0.2, -0.15) is 0 Å². The topological polar surface area (TPSA) is 35.2 Å². The number of ether oxygens (including phenoxy) is 1. The normalized spacial score (nSPS) is 12.5. The zero-order valence-corrected chi connectivity index (χ0v) is 12.9. The molecule has 0 saturated heterocycles. The summed E-state index contributed by atoms with van der Waals surface area (Å²) in [6, 6.07) is 12.2. The third-order valence-corrected chi connectivity index (χ3v) is 3.39. The van der Waals surface area contributed by atoms with Crippen LogP contribution in [0, 0.1) is 5.82 Å². The van der Waals surface area contributed by atoms with Crippen LogP contribution in [0.5, 0.6) is 5.75 Å². The van der Waals surface area contributed by atoms with Crippen LogP contribution in [0.4, 0.5) is 4.39 Å². The van der Waals surface area contributed by atoms with Crippen LogP contribution >= 0.6 is 11.6 Å². The Morgan fingerprint density at radius 2 is 1.95 bits per heavy atom. The van der Waals surface area contributed by atoms with Gasteiger partial charge in [-0.15, -0.1) is 0 Å². The first kappa shape index (κ1) is 15.8. The Hall–Kier alpha value is -1.58. The molecule has 0 spiro atoms. The largest absolute Gasteiger partial charge is 0.491 e. The highest BCUT2D eigenvalue weighted by Crippen LogP contribution is 2.23. The van der Waals surface area contributed by atoms with E-state index in [0.29, 0.717) is 6.42 Å². The van der Waals surface area contributed by atoms with Crippen molar-refractivity contribution >= 4 is 11.6 Å². The van der Waals surface area contributed by atoms with Gasteiger partial charge in [0, 0.05) is 6.04 Å². The Balaban J connectivity index is 2.12. The monoisotopic (exact) mass is 307 g/mol. The van der Waals surface area contributed by atoms with Crippen molar-refractivity contribution < 1.29 is 9.13 Å². The molecule has 0 aliphatic carbocycles. The molecule has 21 heavy (non-hydrogen) atoms. The van der Waals surface area contributed by atoms with E-state index in [9.17, 15) is 4.39 Å². The van der Waals surface area contributed by atoms with E-state index in [1.165, 1.54) is 6.07 Å². The molecule has 1 atom stereocenters. The molecule has 0 heterocycles. The van der Waals surface area contributed by atoms with Crippen LogP contribution in [0.25, 0.3) is 0 Å². The minimum atomic E-state index is -0.415. The molecular weight excluding hydrogens is 289 g/mol. The highest BCUT2D eigenvalue weighted by atomic mass is 35.5. The molecule has 2 nitrogen and oxygen atoms in total. The smallest absolute Gasteiger partial charge is 0.141 e. The van der Waals surface area contributed by atoms with Crippen LogP contribution in [-0.4, -0.2) is 6.10 Å². The fraction of sp³-hybridized carbons (Fsp3) is 0.294. The van der Waals surface area contributed by atoms with E-state index >= 15 is 0 Å². The fourth-order valence-corrected chi connectivity index (χ4v) is 2.33. The van der Waals surface area contributed by atoms with Crippen LogP contribution in [0.2, 0.25) is 5.02 Å². The predicted octanol–water partition coefficient (Wildman–Crippen LogP) is 4.51. The molecule has 2 N–H and O–H groups in total. The Morgan fingerprint density at radius 1 is 1.19 bits per heavy atom. The van der Waals surface area contributed by atoms with Gasteiger partial charge in [-0.05, 0) is 55.7 Å². The molecule has 0 radical (unpaired) electrons. The van der Waals surface area contributed by atoms with Crippen molar-refractivity contribution in [3.63, 3.8) is 0 Å². The van der Waals surface area contributed by atoms with Crippen LogP contribution < -0.4 is 10.5 Å². The van der Waals surface area contributed by atoms with Gasteiger partial charge in [-0.3, -0.25) is 0 Å². The van der Waals surface area contributed by atoms with Crippen molar-refractivity contribution in [3.8, 4) is 5.75 Å². The Kier molecular flexibility index (Phi) is 5.21. The van der Waals surface area contributed by atoms with Crippen LogP contribution in [-0.2, 0) is 6.42 Å². The predicted molar refractivity (Wildman–Crippen MR) is 84.2 cm³/mol. The molecule has 2 aromatic rings. The van der Waals surface area contributed by atoms with E-state index in [2.05, 4.69) is 0 Å². The molecule has 0 aliphatic heterocycles. The lowest BCUT2D eigenvalue weighted by atomic mass is 9.99. The molecule has 0 amide bonds. The van der Waals surface area contributed by atoms with Crippen LogP contribution in [0.15, 0.2) is 42.5 Å². The van der Waals surface area contributed by atoms with Crippen molar-refractivity contribution in [1.82, 2.24) is 0 Å². The fourth-order valence-electron chi connectivity index (χ4n) is 2.13. The lowest BCUT2D eigenvalue weighted by Crippen LogP contribution is -2.14. The van der Waals surface area contributed by atoms with Gasteiger partial charge in [0.25, 0.3) is 0 Å². The van der Waals surface area contributed by atoms with Gasteiger partial charge < -0.3 is 10.5 Å². The molecule has 1 unspecified atom stereocenters. The third kappa shape index (κ3) is 4.45. The number of benzene rings is 2. The summed E-state index contributed by atoms with van der Waals surface area (Å²) >= 11 is 5.79. The molecule has 0 aromatic heterocycles. The molecule has 0 fully saturated rings. The summed E-state index contributed by atoms with van der Waals surface area (Å²) in [4.78, 5) is 0. The number of hydrogen-bond donors (Lipinski definition) is 1. The van der Waals surface area contributed by atoms with E-state index in [1.807, 2.05) is 38.1 Å². The number of halogens is 2. The molecule has 2 rings (SSSR count). The summed E-state index contributed by atoms with van der Waals surface area (Å²) in [7, 11) is 0. The lowest BCUT2D eigenvalue weighted by Gasteiger charge is -2.15. The molecule has 0 aliphatic rings. The van der Waals surface area contributed by atoms with E-state index < -0.39 is 5.82 Å². The molecular formula is C17H19ClFNO. The zero-order chi connectivity index (χ0) is 15.4. The maximum absolute atomic E-state index is 13.2. The van der Waals surface area contributed by atoms with Crippen molar-refractivity contribution in [2.24, 2.45) is 5.73 Å². The van der Waals surface area contributed by atoms with Gasteiger partial charge in [0.1, 0.15) is 11.6 Å². The summed E-state index contributed by atoms with van der Waals surface area (Å²) in [5, 5.41) is 0.122. The third-order valence-electron chi connectivity index (χ3n) is 3.10. The number of rotatable bonds is 5. The van der Waals surface area contributed by atoms with Gasteiger partial charge in [0.05, 0.1) is 11.1 Å². The molecule has 0 saturated carbocycles. The van der Waals surface area contributed by atoms with Gasteiger partial charge in [-0.1, -0.05) is 29.8 Å². The maximum Gasteiger partial charge on any atom is 0.141 e. The minimum Gasteiger partial charge on any atom is -0.491 e. The number of hydrogen-bond acceptors (Lipinski definition) is 2. The van der Waals surface area contributed by atoms with Crippen LogP contribution in [0.1, 0.15) is 31.0 Å². The van der Waals surface area contributed by atoms with Crippen LogP contribution in [0.3, 0.4) is 0 Å². The Morgan fingerprint density at radius 3 is 2.62 bits per heavy atom. The SMILES string of the molecule is CC(C)Oc1cccc(C(N)Cc2ccc(F)c(Cl)c2)c1. The number of nitrogens with two attached hydrogens (primary N) is 1. The average molecular weight is 308 g/mol. The van der Waals surface area contributed by atoms with Gasteiger partial charge in [0.15, 0.2) is 0 Å². The second-order valence-corrected chi connectivity index (χ2v) is 5.71. The molecule has 0 bridgehead atoms. The lowest BCUT2D eigenvalue weighted by molar-refractivity contribution is 0.242. The summed E-state index contributed by atoms with van der Waals surface area (Å²) in [5.41, 5.74) is 8.11. The first-order chi connectivity index (χ1) is 9.95. The summed E-state index contributed by atoms with van der Waals surface area (Å²) < 4.78 is 18.8. The van der Waals surface area contributed by atoms with Gasteiger partial charge in [-0.25, -0.2) is 4.39 Å². The standard InChI is InChI=1S/C17H19ClFNO/c1-11(2)21-14-5-3-4-13(10-14)17(20)9-12-6-7-16(19)15(18)8-12/h3-8,10-11,17H,9,20H2,1-2H3. The quantitative estimate of drug-likeness (QED) is 0.882. The van der Waals surface area contributed by atoms with Crippen molar-refractivity contribution in [2.75, 3.05) is 0 Å². The van der Waals surface area contributed by atoms with E-state index in [1.54, 1.807) is 12.1 Å². The summed E-state index contributed by atoms with van der Waals surface area (Å²) in [6.45, 7) is 3.96. The Labute approximate surface area is 129 Å². The van der Waals surface area contributed by atoms with Gasteiger partial charge in [0.2, 0.25) is 0 Å². The van der Waals surface area contributed by atoms with Gasteiger partial charge >= 0.3 is 0 Å². The molecule has 2 aromatic carbocycles. The van der Waals surface area contributed by atoms with E-state index in [-0.39, 0.29) is 17.2 Å². The first-order valence-electron chi connectivity index (χ1n) is 6.92. The second kappa shape index (κ2) is 6.92. The molecule has 4 heteroatoms. The second-order valence-electron chi connectivity index (χ2n) is 5.30. The molecule has 112 valence electrons. The van der Waals surface area contributed by atoms with E-state index in [4.69, 9.17) is 22.1 Å². The van der Waals surface area contributed by atoms with E-state index in [0.717, 1.165) is 16.9 Å². The average Bonchev–Trinajstić information content (AvgIpc) is 2.42. The van der Waals surface area contributed by atoms with Crippen molar-refractivity contribution in [3.05, 3.63) is 64.4 Å². The minimum absolute atomic E-state index is 0.118. The summed E-state index contributed by atoms with van der Waals surface area (Å²) in [6.07, 6.45) is 0.706.